The van der Waals surface area contributed by atoms with Gasteiger partial charge in [0.25, 0.3) is 5.91 Å². The molecule has 164 valence electrons. The van der Waals surface area contributed by atoms with Crippen LogP contribution in [0.2, 0.25) is 0 Å². The Hall–Kier alpha value is -2.98. The average molecular weight is 447 g/mol. The molecule has 2 heterocycles. The summed E-state index contributed by atoms with van der Waals surface area (Å²) in [7, 11) is -2.19. The van der Waals surface area contributed by atoms with E-state index in [-0.39, 0.29) is 42.5 Å². The van der Waals surface area contributed by atoms with Crippen LogP contribution in [0.15, 0.2) is 58.6 Å². The van der Waals surface area contributed by atoms with Crippen LogP contribution in [0.1, 0.15) is 18.4 Å². The molecule has 1 spiro atoms. The van der Waals surface area contributed by atoms with Gasteiger partial charge >= 0.3 is 0 Å². The number of carbonyl (C=O) groups is 1. The van der Waals surface area contributed by atoms with Crippen LogP contribution >= 0.6 is 0 Å². The van der Waals surface area contributed by atoms with Crippen molar-refractivity contribution < 1.29 is 27.2 Å². The zero-order valence-corrected chi connectivity index (χ0v) is 17.7. The molecule has 0 saturated carbocycles. The third-order valence-electron chi connectivity index (χ3n) is 5.45. The van der Waals surface area contributed by atoms with Gasteiger partial charge in [0.15, 0.2) is 5.60 Å². The highest BCUT2D eigenvalue weighted by Gasteiger charge is 2.49. The molecule has 0 aromatic heterocycles. The van der Waals surface area contributed by atoms with E-state index in [1.165, 1.54) is 35.7 Å². The maximum Gasteiger partial charge on any atom is 0.269 e. The summed E-state index contributed by atoms with van der Waals surface area (Å²) in [5, 5.41) is 6.64. The fraction of sp³-hybridized carbons (Fsp3) is 0.333. The van der Waals surface area contributed by atoms with Gasteiger partial charge in [-0.3, -0.25) is 4.79 Å². The van der Waals surface area contributed by atoms with Crippen molar-refractivity contribution in [3.05, 3.63) is 59.9 Å². The number of benzene rings is 2. The normalized spacial score (nSPS) is 21.0. The lowest BCUT2D eigenvalue weighted by molar-refractivity contribution is -0.115. The van der Waals surface area contributed by atoms with Gasteiger partial charge in [0.1, 0.15) is 17.3 Å². The molecule has 2 aromatic rings. The molecule has 10 heteroatoms. The van der Waals surface area contributed by atoms with Gasteiger partial charge in [-0.2, -0.15) is 4.31 Å². The second kappa shape index (κ2) is 8.27. The number of nitrogens with zero attached hydrogens (tertiary/aromatic N) is 2. The molecule has 1 amide bonds. The van der Waals surface area contributed by atoms with Crippen LogP contribution in [0, 0.1) is 5.82 Å². The fourth-order valence-electron chi connectivity index (χ4n) is 3.66. The summed E-state index contributed by atoms with van der Waals surface area (Å²) in [4.78, 5) is 18.2. The first-order valence-electron chi connectivity index (χ1n) is 9.73. The van der Waals surface area contributed by atoms with Crippen LogP contribution in [-0.2, 0) is 26.2 Å². The summed E-state index contributed by atoms with van der Waals surface area (Å²) >= 11 is 0. The summed E-state index contributed by atoms with van der Waals surface area (Å²) in [6.07, 6.45) is 0.650. The molecule has 1 N–H and O–H groups in total. The minimum atomic E-state index is -3.70. The van der Waals surface area contributed by atoms with Crippen molar-refractivity contribution in [2.75, 3.05) is 20.2 Å². The number of ether oxygens (including phenoxy) is 1. The summed E-state index contributed by atoms with van der Waals surface area (Å²) in [6.45, 7) is 0.608. The number of amides is 1. The van der Waals surface area contributed by atoms with Crippen LogP contribution in [-0.4, -0.2) is 50.1 Å². The molecule has 1 atom stereocenters. The minimum Gasteiger partial charge on any atom is -0.497 e. The molecule has 1 fully saturated rings. The van der Waals surface area contributed by atoms with Crippen molar-refractivity contribution in [2.45, 2.75) is 29.9 Å². The second-order valence-corrected chi connectivity index (χ2v) is 9.50. The van der Waals surface area contributed by atoms with Gasteiger partial charge < -0.3 is 14.9 Å². The first-order chi connectivity index (χ1) is 14.8. The second-order valence-electron chi connectivity index (χ2n) is 7.56. The van der Waals surface area contributed by atoms with Crippen LogP contribution in [0.3, 0.4) is 0 Å². The van der Waals surface area contributed by atoms with E-state index in [4.69, 9.17) is 9.57 Å². The zero-order valence-electron chi connectivity index (χ0n) is 16.9. The van der Waals surface area contributed by atoms with Crippen molar-refractivity contribution >= 4 is 21.6 Å². The highest BCUT2D eigenvalue weighted by Crippen LogP contribution is 2.36. The van der Waals surface area contributed by atoms with E-state index in [1.807, 2.05) is 0 Å². The van der Waals surface area contributed by atoms with E-state index in [9.17, 15) is 17.6 Å². The monoisotopic (exact) mass is 447 g/mol. The molecule has 31 heavy (non-hydrogen) atoms. The number of nitrogens with one attached hydrogen (secondary N) is 1. The molecule has 0 bridgehead atoms. The molecule has 8 nitrogen and oxygen atoms in total. The van der Waals surface area contributed by atoms with E-state index >= 15 is 0 Å². The third-order valence-corrected chi connectivity index (χ3v) is 7.31. The lowest BCUT2D eigenvalue weighted by Gasteiger charge is -2.21. The number of sulfonamides is 1. The number of oxime groups is 1. The van der Waals surface area contributed by atoms with Crippen molar-refractivity contribution in [1.29, 1.82) is 0 Å². The van der Waals surface area contributed by atoms with E-state index in [2.05, 4.69) is 10.5 Å². The number of hydrogen-bond acceptors (Lipinski definition) is 6. The summed E-state index contributed by atoms with van der Waals surface area (Å²) < 4.78 is 45.3. The molecule has 2 aromatic carbocycles. The van der Waals surface area contributed by atoms with Crippen molar-refractivity contribution in [3.63, 3.8) is 0 Å². The standard InChI is InChI=1S/C21H22FN3O5S/c1-29-17-6-8-18(9-7-17)31(27,28)25-11-10-21(14-25)12-19(24-30-21)20(26)23-13-15-2-4-16(22)5-3-15/h2-9H,10-14H2,1H3,(H,23,26). The molecule has 4 rings (SSSR count). The van der Waals surface area contributed by atoms with E-state index < -0.39 is 21.5 Å². The highest BCUT2D eigenvalue weighted by atomic mass is 32.2. The lowest BCUT2D eigenvalue weighted by Crippen LogP contribution is -2.38. The van der Waals surface area contributed by atoms with E-state index in [1.54, 1.807) is 24.3 Å². The molecule has 2 aliphatic heterocycles. The van der Waals surface area contributed by atoms with Gasteiger partial charge in [-0.05, 0) is 42.0 Å². The Labute approximate surface area is 179 Å². The molecule has 0 aliphatic carbocycles. The first kappa shape index (κ1) is 21.3. The van der Waals surface area contributed by atoms with Crippen molar-refractivity contribution in [2.24, 2.45) is 5.16 Å². The summed E-state index contributed by atoms with van der Waals surface area (Å²) in [6, 6.07) is 12.0. The van der Waals surface area contributed by atoms with Gasteiger partial charge in [0.2, 0.25) is 10.0 Å². The number of halogens is 1. The van der Waals surface area contributed by atoms with Crippen molar-refractivity contribution in [3.8, 4) is 5.75 Å². The van der Waals surface area contributed by atoms with Crippen LogP contribution in [0.25, 0.3) is 0 Å². The molecule has 1 unspecified atom stereocenters. The van der Waals surface area contributed by atoms with E-state index in [0.29, 0.717) is 12.2 Å². The smallest absolute Gasteiger partial charge is 0.269 e. The summed E-state index contributed by atoms with van der Waals surface area (Å²) in [5.41, 5.74) is 0.120. The Morgan fingerprint density at radius 3 is 2.61 bits per heavy atom. The van der Waals surface area contributed by atoms with E-state index in [0.717, 1.165) is 5.56 Å². The summed E-state index contributed by atoms with van der Waals surface area (Å²) in [5.74, 6) is -0.167. The number of hydrogen-bond donors (Lipinski definition) is 1. The maximum absolute atomic E-state index is 13.0. The molecular formula is C21H22FN3O5S. The Morgan fingerprint density at radius 2 is 1.94 bits per heavy atom. The number of carbonyl (C=O) groups excluding carboxylic acids is 1. The fourth-order valence-corrected chi connectivity index (χ4v) is 5.17. The predicted octanol–water partition coefficient (Wildman–Crippen LogP) is 2.06. The highest BCUT2D eigenvalue weighted by molar-refractivity contribution is 7.89. The average Bonchev–Trinajstić information content (AvgIpc) is 3.40. The maximum atomic E-state index is 13.0. The van der Waals surface area contributed by atoms with Crippen LogP contribution in [0.4, 0.5) is 4.39 Å². The number of methoxy groups -OCH3 is 1. The lowest BCUT2D eigenvalue weighted by atomic mass is 9.96. The zero-order chi connectivity index (χ0) is 22.1. The SMILES string of the molecule is COc1ccc(S(=O)(=O)N2CCC3(CC(C(=O)NCc4ccc(F)cc4)=NO3)C2)cc1. The van der Waals surface area contributed by atoms with Crippen LogP contribution < -0.4 is 10.1 Å². The topological polar surface area (TPSA) is 97.3 Å². The molecule has 0 radical (unpaired) electrons. The van der Waals surface area contributed by atoms with Crippen LogP contribution in [0.5, 0.6) is 5.75 Å². The Kier molecular flexibility index (Phi) is 5.67. The first-order valence-corrected chi connectivity index (χ1v) is 11.2. The van der Waals surface area contributed by atoms with Gasteiger partial charge in [-0.1, -0.05) is 17.3 Å². The Morgan fingerprint density at radius 1 is 1.23 bits per heavy atom. The van der Waals surface area contributed by atoms with Gasteiger partial charge in [-0.25, -0.2) is 12.8 Å². The van der Waals surface area contributed by atoms with Gasteiger partial charge in [0.05, 0.1) is 18.6 Å². The molecular weight excluding hydrogens is 425 g/mol. The predicted molar refractivity (Wildman–Crippen MR) is 110 cm³/mol. The quantitative estimate of drug-likeness (QED) is 0.731. The van der Waals surface area contributed by atoms with Gasteiger partial charge in [0, 0.05) is 25.9 Å². The Balaban J connectivity index is 1.36. The van der Waals surface area contributed by atoms with Gasteiger partial charge in [-0.15, -0.1) is 0 Å². The largest absolute Gasteiger partial charge is 0.497 e. The molecule has 1 saturated heterocycles. The number of rotatable bonds is 6. The Bertz CT molecular complexity index is 1100. The molecule has 2 aliphatic rings. The minimum absolute atomic E-state index is 0.111. The third kappa shape index (κ3) is 4.40. The van der Waals surface area contributed by atoms with Crippen molar-refractivity contribution in [1.82, 2.24) is 9.62 Å².